The maximum absolute atomic E-state index is 12.4. The first-order chi connectivity index (χ1) is 16.0. The summed E-state index contributed by atoms with van der Waals surface area (Å²) in [5.41, 5.74) is 3.56. The Morgan fingerprint density at radius 2 is 1.91 bits per heavy atom. The number of carbonyl (C=O) groups excluding carboxylic acids is 1. The summed E-state index contributed by atoms with van der Waals surface area (Å²) in [6, 6.07) is 15.3. The standard InChI is InChI=1S/C24H26N6O3/c1-16-8-10-19(11-9-16)21-27-24(33-29-21)22-26-17(2)30(28-22)15-18-6-4-7-20(14-18)23(31)25-12-5-13-32-3/h4,6-11,14H,5,12-13,15H2,1-3H3,(H,25,31). The Balaban J connectivity index is 1.46. The molecule has 0 aliphatic rings. The Hall–Kier alpha value is -3.85. The molecule has 0 aliphatic carbocycles. The third-order valence-corrected chi connectivity index (χ3v) is 5.12. The molecule has 2 aromatic carbocycles. The summed E-state index contributed by atoms with van der Waals surface area (Å²) in [5, 5.41) is 11.5. The topological polar surface area (TPSA) is 108 Å². The summed E-state index contributed by atoms with van der Waals surface area (Å²) in [6.07, 6.45) is 0.768. The highest BCUT2D eigenvalue weighted by molar-refractivity contribution is 5.94. The van der Waals surface area contributed by atoms with Gasteiger partial charge in [0.15, 0.2) is 0 Å². The van der Waals surface area contributed by atoms with Gasteiger partial charge in [-0.05, 0) is 38.0 Å². The smallest absolute Gasteiger partial charge is 0.297 e. The molecule has 0 atom stereocenters. The van der Waals surface area contributed by atoms with Gasteiger partial charge in [-0.1, -0.05) is 47.1 Å². The monoisotopic (exact) mass is 446 g/mol. The maximum Gasteiger partial charge on any atom is 0.297 e. The third kappa shape index (κ3) is 5.50. The molecule has 0 saturated heterocycles. The fourth-order valence-corrected chi connectivity index (χ4v) is 3.30. The molecule has 4 rings (SSSR count). The second kappa shape index (κ2) is 10.2. The fourth-order valence-electron chi connectivity index (χ4n) is 3.30. The summed E-state index contributed by atoms with van der Waals surface area (Å²) < 4.78 is 12.2. The van der Waals surface area contributed by atoms with Crippen LogP contribution in [0.5, 0.6) is 0 Å². The summed E-state index contributed by atoms with van der Waals surface area (Å²) >= 11 is 0. The van der Waals surface area contributed by atoms with Crippen molar-refractivity contribution in [3.05, 3.63) is 71.0 Å². The van der Waals surface area contributed by atoms with Crippen LogP contribution in [0.3, 0.4) is 0 Å². The van der Waals surface area contributed by atoms with Crippen molar-refractivity contribution < 1.29 is 14.1 Å². The molecule has 2 heterocycles. The van der Waals surface area contributed by atoms with E-state index in [0.29, 0.717) is 42.7 Å². The molecular formula is C24H26N6O3. The molecule has 1 N–H and O–H groups in total. The summed E-state index contributed by atoms with van der Waals surface area (Å²) in [5.74, 6) is 1.71. The molecule has 9 nitrogen and oxygen atoms in total. The van der Waals surface area contributed by atoms with Crippen LogP contribution in [0.1, 0.15) is 33.7 Å². The van der Waals surface area contributed by atoms with E-state index in [2.05, 4.69) is 25.5 Å². The Kier molecular flexibility index (Phi) is 6.89. The van der Waals surface area contributed by atoms with Gasteiger partial charge < -0.3 is 14.6 Å². The van der Waals surface area contributed by atoms with Crippen molar-refractivity contribution in [1.82, 2.24) is 30.2 Å². The number of amides is 1. The van der Waals surface area contributed by atoms with E-state index in [4.69, 9.17) is 9.26 Å². The van der Waals surface area contributed by atoms with Gasteiger partial charge in [0, 0.05) is 31.4 Å². The van der Waals surface area contributed by atoms with Crippen LogP contribution in [0.4, 0.5) is 0 Å². The largest absolute Gasteiger partial charge is 0.385 e. The lowest BCUT2D eigenvalue weighted by molar-refractivity contribution is 0.0948. The minimum Gasteiger partial charge on any atom is -0.385 e. The highest BCUT2D eigenvalue weighted by Gasteiger charge is 2.17. The predicted molar refractivity (Wildman–Crippen MR) is 123 cm³/mol. The van der Waals surface area contributed by atoms with Crippen molar-refractivity contribution in [1.29, 1.82) is 0 Å². The van der Waals surface area contributed by atoms with Gasteiger partial charge in [-0.3, -0.25) is 4.79 Å². The Morgan fingerprint density at radius 3 is 2.70 bits per heavy atom. The number of rotatable bonds is 9. The van der Waals surface area contributed by atoms with Crippen LogP contribution >= 0.6 is 0 Å². The van der Waals surface area contributed by atoms with Gasteiger partial charge in [-0.2, -0.15) is 4.98 Å². The van der Waals surface area contributed by atoms with E-state index in [1.165, 1.54) is 0 Å². The highest BCUT2D eigenvalue weighted by atomic mass is 16.5. The molecule has 2 aromatic heterocycles. The molecule has 0 unspecified atom stereocenters. The van der Waals surface area contributed by atoms with Crippen LogP contribution in [0, 0.1) is 13.8 Å². The first-order valence-electron chi connectivity index (χ1n) is 10.7. The molecule has 0 bridgehead atoms. The van der Waals surface area contributed by atoms with Crippen molar-refractivity contribution in [2.75, 3.05) is 20.3 Å². The lowest BCUT2D eigenvalue weighted by Crippen LogP contribution is -2.25. The molecular weight excluding hydrogens is 420 g/mol. The van der Waals surface area contributed by atoms with Crippen molar-refractivity contribution in [3.63, 3.8) is 0 Å². The summed E-state index contributed by atoms with van der Waals surface area (Å²) in [7, 11) is 1.64. The Morgan fingerprint density at radius 1 is 1.09 bits per heavy atom. The van der Waals surface area contributed by atoms with Crippen LogP contribution in [-0.4, -0.2) is 51.1 Å². The first kappa shape index (κ1) is 22.3. The van der Waals surface area contributed by atoms with Crippen LogP contribution in [0.15, 0.2) is 53.1 Å². The number of aromatic nitrogens is 5. The van der Waals surface area contributed by atoms with Gasteiger partial charge in [-0.15, -0.1) is 5.10 Å². The Labute approximate surface area is 191 Å². The number of nitrogens with one attached hydrogen (secondary N) is 1. The van der Waals surface area contributed by atoms with Gasteiger partial charge in [0.2, 0.25) is 11.6 Å². The molecule has 0 aliphatic heterocycles. The average molecular weight is 447 g/mol. The van der Waals surface area contributed by atoms with Crippen LogP contribution < -0.4 is 5.32 Å². The van der Waals surface area contributed by atoms with E-state index in [-0.39, 0.29) is 11.8 Å². The third-order valence-electron chi connectivity index (χ3n) is 5.12. The second-order valence-electron chi connectivity index (χ2n) is 7.73. The van der Waals surface area contributed by atoms with Gasteiger partial charge >= 0.3 is 0 Å². The number of ether oxygens (including phenoxy) is 1. The normalized spacial score (nSPS) is 11.0. The first-order valence-corrected chi connectivity index (χ1v) is 10.7. The maximum atomic E-state index is 12.4. The van der Waals surface area contributed by atoms with E-state index >= 15 is 0 Å². The number of hydrogen-bond acceptors (Lipinski definition) is 7. The van der Waals surface area contributed by atoms with E-state index in [1.54, 1.807) is 17.9 Å². The Bertz CT molecular complexity index is 1230. The number of nitrogens with zero attached hydrogens (tertiary/aromatic N) is 5. The number of benzene rings is 2. The molecule has 9 heteroatoms. The molecule has 0 radical (unpaired) electrons. The van der Waals surface area contributed by atoms with E-state index in [1.807, 2.05) is 56.3 Å². The quantitative estimate of drug-likeness (QED) is 0.392. The van der Waals surface area contributed by atoms with E-state index in [0.717, 1.165) is 23.1 Å². The van der Waals surface area contributed by atoms with Crippen molar-refractivity contribution in [3.8, 4) is 23.1 Å². The van der Waals surface area contributed by atoms with Gasteiger partial charge in [-0.25, -0.2) is 9.67 Å². The minimum atomic E-state index is -0.113. The van der Waals surface area contributed by atoms with E-state index in [9.17, 15) is 4.79 Å². The molecule has 170 valence electrons. The lowest BCUT2D eigenvalue weighted by atomic mass is 10.1. The van der Waals surface area contributed by atoms with Crippen LogP contribution in [-0.2, 0) is 11.3 Å². The van der Waals surface area contributed by atoms with Crippen molar-refractivity contribution in [2.45, 2.75) is 26.8 Å². The summed E-state index contributed by atoms with van der Waals surface area (Å²) in [6.45, 7) is 5.52. The van der Waals surface area contributed by atoms with Gasteiger partial charge in [0.05, 0.1) is 6.54 Å². The van der Waals surface area contributed by atoms with Gasteiger partial charge in [0.1, 0.15) is 5.82 Å². The average Bonchev–Trinajstić information content (AvgIpc) is 3.45. The van der Waals surface area contributed by atoms with E-state index < -0.39 is 0 Å². The molecule has 0 spiro atoms. The SMILES string of the molecule is COCCCNC(=O)c1cccc(Cn2nc(-c3nc(-c4ccc(C)cc4)no3)nc2C)c1. The van der Waals surface area contributed by atoms with Gasteiger partial charge in [0.25, 0.3) is 11.8 Å². The minimum absolute atomic E-state index is 0.113. The van der Waals surface area contributed by atoms with Crippen LogP contribution in [0.25, 0.3) is 23.1 Å². The molecule has 1 amide bonds. The molecule has 4 aromatic rings. The number of methoxy groups -OCH3 is 1. The van der Waals surface area contributed by atoms with Crippen molar-refractivity contribution in [2.24, 2.45) is 0 Å². The second-order valence-corrected chi connectivity index (χ2v) is 7.73. The predicted octanol–water partition coefficient (Wildman–Crippen LogP) is 3.43. The van der Waals surface area contributed by atoms with Crippen LogP contribution in [0.2, 0.25) is 0 Å². The molecule has 0 fully saturated rings. The zero-order chi connectivity index (χ0) is 23.2. The number of aryl methyl sites for hydroxylation is 2. The molecule has 33 heavy (non-hydrogen) atoms. The summed E-state index contributed by atoms with van der Waals surface area (Å²) in [4.78, 5) is 21.3. The number of hydrogen-bond donors (Lipinski definition) is 1. The lowest BCUT2D eigenvalue weighted by Gasteiger charge is -2.08. The van der Waals surface area contributed by atoms with Crippen molar-refractivity contribution >= 4 is 5.91 Å². The zero-order valence-electron chi connectivity index (χ0n) is 18.9. The molecule has 0 saturated carbocycles. The fraction of sp³-hybridized carbons (Fsp3) is 0.292. The number of carbonyl (C=O) groups is 1. The zero-order valence-corrected chi connectivity index (χ0v) is 18.9. The highest BCUT2D eigenvalue weighted by Crippen LogP contribution is 2.21.